The molecule has 3 aromatic rings. The SMILES string of the molecule is CCCOc1c(C(=O)N/N=C/c2occc2[N+](=O)[O-])sc(C(=O)N/N=C/c2occc2[N+](=O)[O-])c1OCCC. The summed E-state index contributed by atoms with van der Waals surface area (Å²) in [5.41, 5.74) is 3.76. The second-order valence-corrected chi connectivity index (χ2v) is 8.39. The summed E-state index contributed by atoms with van der Waals surface area (Å²) in [5, 5.41) is 29.4. The molecule has 3 heterocycles. The molecule has 0 spiro atoms. The second kappa shape index (κ2) is 13.5. The molecule has 39 heavy (non-hydrogen) atoms. The summed E-state index contributed by atoms with van der Waals surface area (Å²) in [4.78, 5) is 46.5. The lowest BCUT2D eigenvalue weighted by atomic mass is 10.3. The van der Waals surface area contributed by atoms with Gasteiger partial charge in [-0.2, -0.15) is 10.2 Å². The topological polar surface area (TPSA) is 214 Å². The molecule has 3 rings (SSSR count). The highest BCUT2D eigenvalue weighted by atomic mass is 32.1. The van der Waals surface area contributed by atoms with Crippen LogP contribution in [0, 0.1) is 20.2 Å². The van der Waals surface area contributed by atoms with Gasteiger partial charge in [0.15, 0.2) is 11.5 Å². The van der Waals surface area contributed by atoms with Crippen LogP contribution in [0.3, 0.4) is 0 Å². The van der Waals surface area contributed by atoms with Crippen LogP contribution in [0.5, 0.6) is 11.5 Å². The van der Waals surface area contributed by atoms with Crippen LogP contribution in [0.1, 0.15) is 57.6 Å². The third-order valence-corrected chi connectivity index (χ3v) is 5.72. The predicted octanol–water partition coefficient (Wildman–Crippen LogP) is 3.86. The number of rotatable bonds is 14. The molecule has 16 nitrogen and oxygen atoms in total. The molecule has 0 atom stereocenters. The Morgan fingerprint density at radius 2 is 1.28 bits per heavy atom. The fourth-order valence-electron chi connectivity index (χ4n) is 2.89. The van der Waals surface area contributed by atoms with Gasteiger partial charge in [0, 0.05) is 0 Å². The van der Waals surface area contributed by atoms with Crippen LogP contribution in [0.4, 0.5) is 11.4 Å². The number of thiophene rings is 1. The minimum atomic E-state index is -0.785. The molecule has 0 aromatic carbocycles. The van der Waals surface area contributed by atoms with Crippen LogP contribution in [-0.2, 0) is 0 Å². The van der Waals surface area contributed by atoms with E-state index in [2.05, 4.69) is 21.1 Å². The maximum absolute atomic E-state index is 13.0. The number of ether oxygens (including phenoxy) is 2. The van der Waals surface area contributed by atoms with Crippen molar-refractivity contribution in [3.8, 4) is 11.5 Å². The minimum absolute atomic E-state index is 0.00258. The first-order valence-corrected chi connectivity index (χ1v) is 12.1. The molecule has 3 aromatic heterocycles. The van der Waals surface area contributed by atoms with Gasteiger partial charge in [0.25, 0.3) is 11.8 Å². The van der Waals surface area contributed by atoms with Crippen molar-refractivity contribution in [2.75, 3.05) is 13.2 Å². The largest absolute Gasteiger partial charge is 0.488 e. The second-order valence-electron chi connectivity index (χ2n) is 7.37. The van der Waals surface area contributed by atoms with Crippen LogP contribution in [0.15, 0.2) is 43.7 Å². The van der Waals surface area contributed by atoms with Gasteiger partial charge in [-0.05, 0) is 12.8 Å². The Morgan fingerprint density at radius 1 is 0.872 bits per heavy atom. The lowest BCUT2D eigenvalue weighted by Crippen LogP contribution is -2.17. The monoisotopic (exact) mass is 562 g/mol. The maximum Gasteiger partial charge on any atom is 0.316 e. The molecular weight excluding hydrogens is 540 g/mol. The van der Waals surface area contributed by atoms with E-state index in [1.165, 1.54) is 0 Å². The van der Waals surface area contributed by atoms with Gasteiger partial charge < -0.3 is 18.3 Å². The highest BCUT2D eigenvalue weighted by Crippen LogP contribution is 2.43. The van der Waals surface area contributed by atoms with Gasteiger partial charge >= 0.3 is 11.4 Å². The van der Waals surface area contributed by atoms with Crippen molar-refractivity contribution >= 4 is 47.0 Å². The summed E-state index contributed by atoms with van der Waals surface area (Å²) in [6.45, 7) is 4.08. The number of carbonyl (C=O) groups is 2. The van der Waals surface area contributed by atoms with Crippen LogP contribution >= 0.6 is 11.3 Å². The van der Waals surface area contributed by atoms with Crippen molar-refractivity contribution in [1.82, 2.24) is 10.9 Å². The molecule has 0 aliphatic carbocycles. The Kier molecular flexibility index (Phi) is 9.85. The van der Waals surface area contributed by atoms with Crippen molar-refractivity contribution in [2.45, 2.75) is 26.7 Å². The highest BCUT2D eigenvalue weighted by Gasteiger charge is 2.29. The standard InChI is InChI=1S/C22H22N6O10S/c1-3-7-37-17-18(38-8-4-2)20(22(30)26-24-12-16-14(28(33)34)6-10-36-16)39-19(17)21(29)25-23-11-15-13(27(31)32)5-9-35-15/h5-6,9-12H,3-4,7-8H2,1-2H3,(H,25,29)(H,26,30)/b23-11+,24-12+. The van der Waals surface area contributed by atoms with Gasteiger partial charge in [-0.1, -0.05) is 13.8 Å². The van der Waals surface area contributed by atoms with Crippen molar-refractivity contribution < 1.29 is 37.7 Å². The first-order chi connectivity index (χ1) is 18.8. The molecule has 0 aliphatic heterocycles. The van der Waals surface area contributed by atoms with E-state index in [0.717, 1.165) is 48.4 Å². The number of nitro groups is 2. The van der Waals surface area contributed by atoms with E-state index in [-0.39, 0.29) is 57.4 Å². The Morgan fingerprint density at radius 3 is 1.64 bits per heavy atom. The molecule has 0 radical (unpaired) electrons. The van der Waals surface area contributed by atoms with Gasteiger partial charge in [0.05, 0.1) is 60.1 Å². The maximum atomic E-state index is 13.0. The van der Waals surface area contributed by atoms with Gasteiger partial charge in [-0.15, -0.1) is 11.3 Å². The zero-order chi connectivity index (χ0) is 28.4. The van der Waals surface area contributed by atoms with Crippen LogP contribution in [0.2, 0.25) is 0 Å². The van der Waals surface area contributed by atoms with E-state index in [9.17, 15) is 29.8 Å². The summed E-state index contributed by atoms with van der Waals surface area (Å²) in [7, 11) is 0. The zero-order valence-electron chi connectivity index (χ0n) is 20.6. The Balaban J connectivity index is 1.88. The highest BCUT2D eigenvalue weighted by molar-refractivity contribution is 7.16. The number of hydrazone groups is 2. The number of hydrogen-bond donors (Lipinski definition) is 2. The van der Waals surface area contributed by atoms with Crippen molar-refractivity contribution in [3.05, 3.63) is 66.2 Å². The van der Waals surface area contributed by atoms with Gasteiger partial charge in [-0.25, -0.2) is 10.9 Å². The molecule has 2 N–H and O–H groups in total. The smallest absolute Gasteiger partial charge is 0.316 e. The Bertz CT molecular complexity index is 1300. The average Bonchev–Trinajstić information content (AvgIpc) is 3.64. The number of nitrogens with one attached hydrogen (secondary N) is 2. The average molecular weight is 563 g/mol. The third kappa shape index (κ3) is 7.04. The number of hydrogen-bond acceptors (Lipinski definition) is 13. The molecular formula is C22H22N6O10S. The van der Waals surface area contributed by atoms with Gasteiger partial charge in [-0.3, -0.25) is 29.8 Å². The minimum Gasteiger partial charge on any atom is -0.488 e. The van der Waals surface area contributed by atoms with E-state index >= 15 is 0 Å². The molecule has 17 heteroatoms. The molecule has 2 amide bonds. The Hall–Kier alpha value is -5.06. The van der Waals surface area contributed by atoms with Gasteiger partial charge in [0.1, 0.15) is 9.75 Å². The van der Waals surface area contributed by atoms with Crippen LogP contribution < -0.4 is 20.3 Å². The molecule has 0 bridgehead atoms. The molecule has 0 saturated carbocycles. The molecule has 0 aliphatic rings. The van der Waals surface area contributed by atoms with E-state index in [1.54, 1.807) is 0 Å². The van der Waals surface area contributed by atoms with Crippen molar-refractivity contribution in [3.63, 3.8) is 0 Å². The summed E-state index contributed by atoms with van der Waals surface area (Å²) in [6.07, 6.45) is 5.29. The van der Waals surface area contributed by atoms with Crippen LogP contribution in [-0.4, -0.2) is 47.3 Å². The number of carbonyl (C=O) groups excluding carboxylic acids is 2. The van der Waals surface area contributed by atoms with Crippen molar-refractivity contribution in [1.29, 1.82) is 0 Å². The van der Waals surface area contributed by atoms with E-state index in [4.69, 9.17) is 18.3 Å². The fraction of sp³-hybridized carbons (Fsp3) is 0.273. The molecule has 0 fully saturated rings. The van der Waals surface area contributed by atoms with Crippen molar-refractivity contribution in [2.24, 2.45) is 10.2 Å². The lowest BCUT2D eigenvalue weighted by Gasteiger charge is -2.10. The zero-order valence-corrected chi connectivity index (χ0v) is 21.4. The van der Waals surface area contributed by atoms with E-state index in [0.29, 0.717) is 12.8 Å². The van der Waals surface area contributed by atoms with Gasteiger partial charge in [0.2, 0.25) is 11.5 Å². The summed E-state index contributed by atoms with van der Waals surface area (Å²) in [5.74, 6) is -1.94. The molecule has 0 saturated heterocycles. The normalized spacial score (nSPS) is 11.1. The molecule has 206 valence electrons. The summed E-state index contributed by atoms with van der Waals surface area (Å²) < 4.78 is 21.4. The fourth-order valence-corrected chi connectivity index (χ4v) is 3.86. The first-order valence-electron chi connectivity index (χ1n) is 11.3. The number of furan rings is 2. The Labute approximate surface area is 223 Å². The van der Waals surface area contributed by atoms with Crippen LogP contribution in [0.25, 0.3) is 0 Å². The first kappa shape index (κ1) is 28.5. The summed E-state index contributed by atoms with van der Waals surface area (Å²) in [6, 6.07) is 2.27. The lowest BCUT2D eigenvalue weighted by molar-refractivity contribution is -0.385. The van der Waals surface area contributed by atoms with E-state index < -0.39 is 21.7 Å². The number of nitrogens with zero attached hydrogens (tertiary/aromatic N) is 4. The summed E-state index contributed by atoms with van der Waals surface area (Å²) >= 11 is 0.730. The third-order valence-electron chi connectivity index (χ3n) is 4.57. The number of amides is 2. The van der Waals surface area contributed by atoms with E-state index in [1.807, 2.05) is 13.8 Å². The predicted molar refractivity (Wildman–Crippen MR) is 137 cm³/mol. The quantitative estimate of drug-likeness (QED) is 0.164. The molecule has 0 unspecified atom stereocenters.